The van der Waals surface area contributed by atoms with Crippen molar-refractivity contribution in [2.24, 2.45) is 0 Å². The number of aryl methyl sites for hydroxylation is 1. The summed E-state index contributed by atoms with van der Waals surface area (Å²) in [4.78, 5) is 4.19. The first-order valence-corrected chi connectivity index (χ1v) is 5.84. The molecular formula is C12H14N2S. The van der Waals surface area contributed by atoms with Gasteiger partial charge in [0.15, 0.2) is 5.13 Å². The van der Waals surface area contributed by atoms with Crippen LogP contribution in [0, 0.1) is 13.8 Å². The first-order valence-electron chi connectivity index (χ1n) is 4.96. The van der Waals surface area contributed by atoms with Gasteiger partial charge >= 0.3 is 0 Å². The van der Waals surface area contributed by atoms with Crippen molar-refractivity contribution in [1.29, 1.82) is 0 Å². The number of benzene rings is 1. The zero-order valence-electron chi connectivity index (χ0n) is 8.95. The fourth-order valence-electron chi connectivity index (χ4n) is 1.48. The molecule has 0 amide bonds. The van der Waals surface area contributed by atoms with E-state index in [9.17, 15) is 0 Å². The molecule has 0 bridgehead atoms. The number of thiazole rings is 1. The van der Waals surface area contributed by atoms with Crippen molar-refractivity contribution in [2.45, 2.75) is 20.4 Å². The van der Waals surface area contributed by atoms with Crippen LogP contribution in [0.25, 0.3) is 0 Å². The minimum Gasteiger partial charge on any atom is -0.357 e. The SMILES string of the molecule is Cc1cccc(CNc2nccs2)c1C. The largest absolute Gasteiger partial charge is 0.357 e. The summed E-state index contributed by atoms with van der Waals surface area (Å²) < 4.78 is 0. The first-order chi connectivity index (χ1) is 7.27. The van der Waals surface area contributed by atoms with Crippen molar-refractivity contribution in [3.63, 3.8) is 0 Å². The molecule has 0 unspecified atom stereocenters. The van der Waals surface area contributed by atoms with Crippen LogP contribution >= 0.6 is 11.3 Å². The fourth-order valence-corrected chi connectivity index (χ4v) is 2.01. The molecule has 3 heteroatoms. The summed E-state index contributed by atoms with van der Waals surface area (Å²) in [5.41, 5.74) is 4.04. The van der Waals surface area contributed by atoms with E-state index in [1.807, 2.05) is 11.6 Å². The Morgan fingerprint density at radius 3 is 2.93 bits per heavy atom. The summed E-state index contributed by atoms with van der Waals surface area (Å²) in [6, 6.07) is 6.40. The van der Waals surface area contributed by atoms with Crippen LogP contribution in [0.3, 0.4) is 0 Å². The van der Waals surface area contributed by atoms with Crippen molar-refractivity contribution in [3.05, 3.63) is 46.5 Å². The number of nitrogens with one attached hydrogen (secondary N) is 1. The van der Waals surface area contributed by atoms with E-state index in [-0.39, 0.29) is 0 Å². The van der Waals surface area contributed by atoms with Gasteiger partial charge in [-0.1, -0.05) is 18.2 Å². The zero-order chi connectivity index (χ0) is 10.7. The summed E-state index contributed by atoms with van der Waals surface area (Å²) in [5, 5.41) is 6.28. The van der Waals surface area contributed by atoms with Gasteiger partial charge in [-0.25, -0.2) is 4.98 Å². The second-order valence-corrected chi connectivity index (χ2v) is 4.44. The lowest BCUT2D eigenvalue weighted by Gasteiger charge is -2.08. The number of rotatable bonds is 3. The van der Waals surface area contributed by atoms with Crippen molar-refractivity contribution in [2.75, 3.05) is 5.32 Å². The highest BCUT2D eigenvalue weighted by Gasteiger charge is 2.00. The first kappa shape index (κ1) is 10.2. The van der Waals surface area contributed by atoms with Gasteiger partial charge in [0.1, 0.15) is 0 Å². The Morgan fingerprint density at radius 1 is 1.33 bits per heavy atom. The Balaban J connectivity index is 2.08. The average molecular weight is 218 g/mol. The van der Waals surface area contributed by atoms with Gasteiger partial charge in [0.25, 0.3) is 0 Å². The van der Waals surface area contributed by atoms with Gasteiger partial charge < -0.3 is 5.32 Å². The molecule has 2 rings (SSSR count). The highest BCUT2D eigenvalue weighted by molar-refractivity contribution is 7.13. The smallest absolute Gasteiger partial charge is 0.182 e. The summed E-state index contributed by atoms with van der Waals surface area (Å²) >= 11 is 1.63. The molecule has 2 aromatic rings. The molecule has 0 spiro atoms. The van der Waals surface area contributed by atoms with Crippen LogP contribution in [0.15, 0.2) is 29.8 Å². The second-order valence-electron chi connectivity index (χ2n) is 3.55. The number of aromatic nitrogens is 1. The molecule has 1 heterocycles. The molecule has 0 saturated carbocycles. The minimum absolute atomic E-state index is 0.848. The standard InChI is InChI=1S/C12H14N2S/c1-9-4-3-5-11(10(9)2)8-14-12-13-6-7-15-12/h3-7H,8H2,1-2H3,(H,13,14). The van der Waals surface area contributed by atoms with E-state index in [1.165, 1.54) is 16.7 Å². The second kappa shape index (κ2) is 4.45. The lowest BCUT2D eigenvalue weighted by molar-refractivity contribution is 1.09. The Labute approximate surface area is 94.0 Å². The maximum absolute atomic E-state index is 4.19. The highest BCUT2D eigenvalue weighted by Crippen LogP contribution is 2.16. The van der Waals surface area contributed by atoms with Crippen LogP contribution in [-0.4, -0.2) is 4.98 Å². The van der Waals surface area contributed by atoms with E-state index < -0.39 is 0 Å². The number of nitrogens with zero attached hydrogens (tertiary/aromatic N) is 1. The molecule has 1 aromatic carbocycles. The van der Waals surface area contributed by atoms with Crippen LogP contribution in [0.2, 0.25) is 0 Å². The van der Waals surface area contributed by atoms with Crippen LogP contribution in [-0.2, 0) is 6.54 Å². The molecule has 0 fully saturated rings. The maximum Gasteiger partial charge on any atom is 0.182 e. The van der Waals surface area contributed by atoms with Crippen molar-refractivity contribution < 1.29 is 0 Å². The quantitative estimate of drug-likeness (QED) is 0.854. The van der Waals surface area contributed by atoms with Gasteiger partial charge in [0, 0.05) is 18.1 Å². The Hall–Kier alpha value is -1.35. The topological polar surface area (TPSA) is 24.9 Å². The van der Waals surface area contributed by atoms with Gasteiger partial charge in [0.05, 0.1) is 0 Å². The third-order valence-corrected chi connectivity index (χ3v) is 3.31. The van der Waals surface area contributed by atoms with Crippen molar-refractivity contribution in [3.8, 4) is 0 Å². The van der Waals surface area contributed by atoms with E-state index in [2.05, 4.69) is 42.3 Å². The van der Waals surface area contributed by atoms with Gasteiger partial charge in [-0.2, -0.15) is 0 Å². The zero-order valence-corrected chi connectivity index (χ0v) is 9.77. The van der Waals surface area contributed by atoms with E-state index in [0.29, 0.717) is 0 Å². The normalized spacial score (nSPS) is 10.3. The number of hydrogen-bond donors (Lipinski definition) is 1. The maximum atomic E-state index is 4.19. The van der Waals surface area contributed by atoms with Crippen LogP contribution < -0.4 is 5.32 Å². The van der Waals surface area contributed by atoms with E-state index in [0.717, 1.165) is 11.7 Å². The molecule has 1 N–H and O–H groups in total. The van der Waals surface area contributed by atoms with Crippen molar-refractivity contribution in [1.82, 2.24) is 4.98 Å². The molecule has 2 nitrogen and oxygen atoms in total. The Morgan fingerprint density at radius 2 is 2.20 bits per heavy atom. The third kappa shape index (κ3) is 2.36. The minimum atomic E-state index is 0.848. The Kier molecular flexibility index (Phi) is 3.02. The highest BCUT2D eigenvalue weighted by atomic mass is 32.1. The molecule has 0 aliphatic heterocycles. The Bertz CT molecular complexity index is 435. The molecule has 0 saturated heterocycles. The van der Waals surface area contributed by atoms with Gasteiger partial charge in [0.2, 0.25) is 0 Å². The summed E-state index contributed by atoms with van der Waals surface area (Å²) in [6.45, 7) is 5.15. The average Bonchev–Trinajstić information content (AvgIpc) is 2.73. The third-order valence-electron chi connectivity index (χ3n) is 2.58. The van der Waals surface area contributed by atoms with Gasteiger partial charge in [-0.05, 0) is 30.5 Å². The summed E-state index contributed by atoms with van der Waals surface area (Å²) in [5.74, 6) is 0. The molecule has 0 atom stereocenters. The predicted molar refractivity (Wildman–Crippen MR) is 65.4 cm³/mol. The molecule has 78 valence electrons. The van der Waals surface area contributed by atoms with Crippen LogP contribution in [0.1, 0.15) is 16.7 Å². The van der Waals surface area contributed by atoms with Crippen LogP contribution in [0.4, 0.5) is 5.13 Å². The van der Waals surface area contributed by atoms with Gasteiger partial charge in [-0.3, -0.25) is 0 Å². The van der Waals surface area contributed by atoms with Crippen LogP contribution in [0.5, 0.6) is 0 Å². The molecular weight excluding hydrogens is 204 g/mol. The molecule has 1 aromatic heterocycles. The summed E-state index contributed by atoms with van der Waals surface area (Å²) in [6.07, 6.45) is 1.82. The molecule has 0 aliphatic carbocycles. The monoisotopic (exact) mass is 218 g/mol. The number of hydrogen-bond acceptors (Lipinski definition) is 3. The van der Waals surface area contributed by atoms with E-state index in [1.54, 1.807) is 11.3 Å². The van der Waals surface area contributed by atoms with Crippen molar-refractivity contribution >= 4 is 16.5 Å². The van der Waals surface area contributed by atoms with E-state index >= 15 is 0 Å². The van der Waals surface area contributed by atoms with E-state index in [4.69, 9.17) is 0 Å². The number of anilines is 1. The molecule has 0 aliphatic rings. The fraction of sp³-hybridized carbons (Fsp3) is 0.250. The molecule has 0 radical (unpaired) electrons. The van der Waals surface area contributed by atoms with Gasteiger partial charge in [-0.15, -0.1) is 11.3 Å². The summed E-state index contributed by atoms with van der Waals surface area (Å²) in [7, 11) is 0. The molecule has 15 heavy (non-hydrogen) atoms. The predicted octanol–water partition coefficient (Wildman–Crippen LogP) is 3.37. The lowest BCUT2D eigenvalue weighted by atomic mass is 10.0. The lowest BCUT2D eigenvalue weighted by Crippen LogP contribution is -2.01.